The molecule has 0 spiro atoms. The lowest BCUT2D eigenvalue weighted by atomic mass is 10.1. The molecule has 2 heterocycles. The van der Waals surface area contributed by atoms with Gasteiger partial charge in [-0.2, -0.15) is 4.98 Å². The number of hydrogen-bond donors (Lipinski definition) is 4. The summed E-state index contributed by atoms with van der Waals surface area (Å²) in [6.45, 7) is -0.0615. The molecule has 3 aromatic rings. The summed E-state index contributed by atoms with van der Waals surface area (Å²) in [5.74, 6) is 0.365. The Morgan fingerprint density at radius 1 is 1.32 bits per heavy atom. The summed E-state index contributed by atoms with van der Waals surface area (Å²) in [4.78, 5) is 21.7. The fourth-order valence-corrected chi connectivity index (χ4v) is 2.24. The number of benzene rings is 1. The van der Waals surface area contributed by atoms with Crippen LogP contribution in [0.4, 0.5) is 17.3 Å². The van der Waals surface area contributed by atoms with E-state index in [0.717, 1.165) is 16.9 Å². The topological polar surface area (TPSA) is 110 Å². The number of nitrogens with zero attached hydrogens (tertiary/aromatic N) is 3. The molecule has 0 aliphatic rings. The zero-order valence-electron chi connectivity index (χ0n) is 12.2. The minimum absolute atomic E-state index is 0.0615. The van der Waals surface area contributed by atoms with E-state index in [4.69, 9.17) is 0 Å². The first kappa shape index (κ1) is 14.1. The highest BCUT2D eigenvalue weighted by atomic mass is 16.3. The van der Waals surface area contributed by atoms with Crippen LogP contribution in [0.2, 0.25) is 0 Å². The van der Waals surface area contributed by atoms with Crippen molar-refractivity contribution < 1.29 is 5.11 Å². The van der Waals surface area contributed by atoms with Gasteiger partial charge < -0.3 is 15.3 Å². The highest BCUT2D eigenvalue weighted by molar-refractivity contribution is 5.74. The van der Waals surface area contributed by atoms with E-state index in [1.54, 1.807) is 0 Å². The van der Waals surface area contributed by atoms with E-state index in [-0.39, 0.29) is 12.2 Å². The first-order valence-electron chi connectivity index (χ1n) is 6.70. The molecule has 4 N–H and O–H groups in total. The van der Waals surface area contributed by atoms with Gasteiger partial charge in [0.25, 0.3) is 5.56 Å². The predicted molar refractivity (Wildman–Crippen MR) is 84.5 cm³/mol. The summed E-state index contributed by atoms with van der Waals surface area (Å²) in [6, 6.07) is 5.62. The van der Waals surface area contributed by atoms with Crippen molar-refractivity contribution in [2.24, 2.45) is 0 Å². The molecule has 0 atom stereocenters. The second kappa shape index (κ2) is 5.49. The molecule has 1 aromatic carbocycles. The number of H-pyrrole nitrogens is 2. The molecule has 8 nitrogen and oxygen atoms in total. The summed E-state index contributed by atoms with van der Waals surface area (Å²) in [5.41, 5.74) is 2.69. The second-order valence-corrected chi connectivity index (χ2v) is 5.06. The van der Waals surface area contributed by atoms with E-state index in [9.17, 15) is 9.90 Å². The van der Waals surface area contributed by atoms with Crippen molar-refractivity contribution in [2.75, 3.05) is 24.3 Å². The molecule has 0 amide bonds. The number of anilines is 3. The molecule has 22 heavy (non-hydrogen) atoms. The Morgan fingerprint density at radius 3 is 2.86 bits per heavy atom. The van der Waals surface area contributed by atoms with E-state index in [2.05, 4.69) is 25.5 Å². The maximum atomic E-state index is 11.4. The molecule has 0 aliphatic heterocycles. The van der Waals surface area contributed by atoms with Crippen molar-refractivity contribution in [3.05, 3.63) is 40.3 Å². The third-order valence-electron chi connectivity index (χ3n) is 3.32. The molecule has 0 saturated carbocycles. The van der Waals surface area contributed by atoms with Crippen molar-refractivity contribution >= 4 is 28.4 Å². The van der Waals surface area contributed by atoms with Crippen LogP contribution in [-0.4, -0.2) is 39.4 Å². The Morgan fingerprint density at radius 2 is 2.14 bits per heavy atom. The summed E-state index contributed by atoms with van der Waals surface area (Å²) >= 11 is 0. The van der Waals surface area contributed by atoms with Gasteiger partial charge in [0.1, 0.15) is 5.39 Å². The van der Waals surface area contributed by atoms with E-state index >= 15 is 0 Å². The molecule has 2 aromatic heterocycles. The molecule has 0 saturated heterocycles. The number of aliphatic hydroxyl groups is 1. The van der Waals surface area contributed by atoms with Crippen LogP contribution in [0.1, 0.15) is 5.56 Å². The largest absolute Gasteiger partial charge is 0.392 e. The second-order valence-electron chi connectivity index (χ2n) is 5.06. The van der Waals surface area contributed by atoms with Gasteiger partial charge in [0, 0.05) is 37.2 Å². The number of rotatable bonds is 4. The van der Waals surface area contributed by atoms with Gasteiger partial charge in [0.05, 0.1) is 6.61 Å². The van der Waals surface area contributed by atoms with Gasteiger partial charge in [-0.1, -0.05) is 0 Å². The summed E-state index contributed by atoms with van der Waals surface area (Å²) in [7, 11) is 3.84. The fourth-order valence-electron chi connectivity index (χ4n) is 2.24. The van der Waals surface area contributed by atoms with Crippen LogP contribution in [0.15, 0.2) is 29.2 Å². The first-order valence-corrected chi connectivity index (χ1v) is 6.70. The van der Waals surface area contributed by atoms with Gasteiger partial charge in [-0.3, -0.25) is 15.0 Å². The summed E-state index contributed by atoms with van der Waals surface area (Å²) in [5, 5.41) is 18.1. The van der Waals surface area contributed by atoms with Crippen LogP contribution >= 0.6 is 0 Å². The van der Waals surface area contributed by atoms with Gasteiger partial charge >= 0.3 is 0 Å². The molecule has 0 unspecified atom stereocenters. The Hall–Kier alpha value is -2.87. The van der Waals surface area contributed by atoms with E-state index in [0.29, 0.717) is 17.0 Å². The SMILES string of the molecule is CN(C)c1ccc(Nc2ncc3c(=O)[nH][nH]c3n2)cc1CO. The van der Waals surface area contributed by atoms with Gasteiger partial charge in [-0.25, -0.2) is 4.98 Å². The Labute approximate surface area is 125 Å². The van der Waals surface area contributed by atoms with E-state index in [1.165, 1.54) is 6.20 Å². The zero-order chi connectivity index (χ0) is 15.7. The van der Waals surface area contributed by atoms with Crippen LogP contribution in [-0.2, 0) is 6.61 Å². The molecule has 0 bridgehead atoms. The average Bonchev–Trinajstić information content (AvgIpc) is 2.87. The lowest BCUT2D eigenvalue weighted by Gasteiger charge is -2.17. The van der Waals surface area contributed by atoms with Crippen LogP contribution in [0.3, 0.4) is 0 Å². The third-order valence-corrected chi connectivity index (χ3v) is 3.32. The maximum Gasteiger partial charge on any atom is 0.275 e. The fraction of sp³-hybridized carbons (Fsp3) is 0.214. The van der Waals surface area contributed by atoms with Gasteiger partial charge in [0.15, 0.2) is 5.65 Å². The number of aromatic amines is 2. The molecule has 0 aliphatic carbocycles. The monoisotopic (exact) mass is 300 g/mol. The molecular formula is C14H16N6O2. The number of nitrogens with one attached hydrogen (secondary N) is 3. The zero-order valence-corrected chi connectivity index (χ0v) is 12.2. The van der Waals surface area contributed by atoms with Crippen LogP contribution in [0.25, 0.3) is 11.0 Å². The predicted octanol–water partition coefficient (Wildman–Crippen LogP) is 0.948. The highest BCUT2D eigenvalue weighted by Gasteiger charge is 2.08. The van der Waals surface area contributed by atoms with Crippen LogP contribution in [0, 0.1) is 0 Å². The molecule has 114 valence electrons. The summed E-state index contributed by atoms with van der Waals surface area (Å²) in [6.07, 6.45) is 1.46. The number of aliphatic hydroxyl groups excluding tert-OH is 1. The lowest BCUT2D eigenvalue weighted by Crippen LogP contribution is -2.11. The Bertz CT molecular complexity index is 867. The number of aromatic nitrogens is 4. The van der Waals surface area contributed by atoms with E-state index in [1.807, 2.05) is 37.2 Å². The van der Waals surface area contributed by atoms with Gasteiger partial charge in [-0.05, 0) is 18.2 Å². The smallest absolute Gasteiger partial charge is 0.275 e. The first-order chi connectivity index (χ1) is 10.6. The van der Waals surface area contributed by atoms with Crippen LogP contribution < -0.4 is 15.8 Å². The molecule has 0 fully saturated rings. The Kier molecular flexibility index (Phi) is 3.51. The van der Waals surface area contributed by atoms with Crippen molar-refractivity contribution in [3.63, 3.8) is 0 Å². The molecule has 8 heteroatoms. The van der Waals surface area contributed by atoms with Crippen molar-refractivity contribution in [1.82, 2.24) is 20.2 Å². The lowest BCUT2D eigenvalue weighted by molar-refractivity contribution is 0.282. The van der Waals surface area contributed by atoms with Crippen molar-refractivity contribution in [1.29, 1.82) is 0 Å². The minimum Gasteiger partial charge on any atom is -0.392 e. The average molecular weight is 300 g/mol. The van der Waals surface area contributed by atoms with E-state index < -0.39 is 0 Å². The summed E-state index contributed by atoms with van der Waals surface area (Å²) < 4.78 is 0. The molecular weight excluding hydrogens is 284 g/mol. The molecule has 0 radical (unpaired) electrons. The number of hydrogen-bond acceptors (Lipinski definition) is 6. The van der Waals surface area contributed by atoms with Gasteiger partial charge in [0.2, 0.25) is 5.95 Å². The normalized spacial score (nSPS) is 10.9. The van der Waals surface area contributed by atoms with Gasteiger partial charge in [-0.15, -0.1) is 0 Å². The van der Waals surface area contributed by atoms with Crippen LogP contribution in [0.5, 0.6) is 0 Å². The minimum atomic E-state index is -0.251. The van der Waals surface area contributed by atoms with Crippen molar-refractivity contribution in [2.45, 2.75) is 6.61 Å². The highest BCUT2D eigenvalue weighted by Crippen LogP contribution is 2.24. The quantitative estimate of drug-likeness (QED) is 0.571. The Balaban J connectivity index is 1.92. The number of fused-ring (bicyclic) bond motifs is 1. The van der Waals surface area contributed by atoms with Crippen molar-refractivity contribution in [3.8, 4) is 0 Å². The standard InChI is InChI=1S/C14H16N6O2/c1-20(2)11-4-3-9(5-8(11)7-21)16-14-15-6-10-12(17-14)18-19-13(10)22/h3-6,21H,7H2,1-2H3,(H3,15,16,17,18,19,22). The maximum absolute atomic E-state index is 11.4. The molecule has 3 rings (SSSR count). The third kappa shape index (κ3) is 2.51.